The fourth-order valence-electron chi connectivity index (χ4n) is 5.93. The number of nitrogens with one attached hydrogen (secondary N) is 2. The topological polar surface area (TPSA) is 111 Å². The lowest BCUT2D eigenvalue weighted by Crippen LogP contribution is -2.62. The molecule has 3 heterocycles. The highest BCUT2D eigenvalue weighted by molar-refractivity contribution is 5.79. The summed E-state index contributed by atoms with van der Waals surface area (Å²) in [5.41, 5.74) is 3.29. The first-order valence-corrected chi connectivity index (χ1v) is 13.5. The van der Waals surface area contributed by atoms with Gasteiger partial charge in [0.15, 0.2) is 0 Å². The summed E-state index contributed by atoms with van der Waals surface area (Å²) in [6, 6.07) is 18.6. The van der Waals surface area contributed by atoms with Crippen LogP contribution in [0.1, 0.15) is 41.9 Å². The molecule has 39 heavy (non-hydrogen) atoms. The molecule has 0 saturated carbocycles. The monoisotopic (exact) mass is 530 g/mol. The van der Waals surface area contributed by atoms with E-state index in [4.69, 9.17) is 9.84 Å². The Morgan fingerprint density at radius 1 is 1.00 bits per heavy atom. The summed E-state index contributed by atoms with van der Waals surface area (Å²) in [5.74, 6) is 6.29. The molecule has 204 valence electrons. The van der Waals surface area contributed by atoms with Gasteiger partial charge in [-0.25, -0.2) is 9.59 Å². The summed E-state index contributed by atoms with van der Waals surface area (Å²) >= 11 is 0. The van der Waals surface area contributed by atoms with E-state index in [1.807, 2.05) is 28.0 Å². The summed E-state index contributed by atoms with van der Waals surface area (Å²) in [4.78, 5) is 39.5. The number of benzene rings is 2. The number of rotatable bonds is 4. The number of likely N-dealkylation sites (tertiary alicyclic amines) is 2. The Morgan fingerprint density at radius 3 is 2.41 bits per heavy atom. The lowest BCUT2D eigenvalue weighted by molar-refractivity contribution is -0.139. The quantitative estimate of drug-likeness (QED) is 0.527. The molecule has 2 aromatic carbocycles. The second kappa shape index (κ2) is 12.2. The highest BCUT2D eigenvalue weighted by Gasteiger charge is 2.38. The summed E-state index contributed by atoms with van der Waals surface area (Å²) in [6.45, 7) is 2.71. The maximum Gasteiger partial charge on any atom is 0.405 e. The number of hydrogen-bond acceptors (Lipinski definition) is 4. The number of fused-ring (bicyclic) bond motifs is 1. The van der Waals surface area contributed by atoms with Crippen molar-refractivity contribution in [1.29, 1.82) is 0 Å². The molecule has 9 nitrogen and oxygen atoms in total. The van der Waals surface area contributed by atoms with Gasteiger partial charge in [0, 0.05) is 37.7 Å². The molecule has 3 aliphatic heterocycles. The van der Waals surface area contributed by atoms with E-state index >= 15 is 0 Å². The summed E-state index contributed by atoms with van der Waals surface area (Å²) < 4.78 is 5.64. The zero-order valence-corrected chi connectivity index (χ0v) is 21.8. The predicted octanol–water partition coefficient (Wildman–Crippen LogP) is 2.86. The van der Waals surface area contributed by atoms with Crippen molar-refractivity contribution in [2.75, 3.05) is 39.3 Å². The van der Waals surface area contributed by atoms with Gasteiger partial charge < -0.3 is 30.3 Å². The van der Waals surface area contributed by atoms with Crippen LogP contribution in [-0.2, 0) is 9.53 Å². The maximum atomic E-state index is 13.4. The molecule has 3 aliphatic rings. The minimum Gasteiger partial charge on any atom is -0.465 e. The smallest absolute Gasteiger partial charge is 0.405 e. The van der Waals surface area contributed by atoms with Crippen LogP contribution in [0.3, 0.4) is 0 Å². The van der Waals surface area contributed by atoms with Gasteiger partial charge in [-0.05, 0) is 48.4 Å². The minimum atomic E-state index is -1.09. The van der Waals surface area contributed by atoms with Crippen molar-refractivity contribution >= 4 is 18.0 Å². The van der Waals surface area contributed by atoms with Gasteiger partial charge in [-0.3, -0.25) is 4.79 Å². The molecule has 9 heteroatoms. The Balaban J connectivity index is 1.23. The molecule has 3 fully saturated rings. The lowest BCUT2D eigenvalue weighted by atomic mass is 9.76. The molecule has 2 aromatic rings. The first kappa shape index (κ1) is 26.6. The molecule has 0 radical (unpaired) electrons. The molecule has 5 rings (SSSR count). The SMILES string of the molecule is O=C(O)NCC#Cc1ccc([C@@H](c2ccccc2)C2CCN(C(=O)N3CC[C@@H]4OCC(=O)N[C@@H]4C3)CC2)cc1. The van der Waals surface area contributed by atoms with Crippen molar-refractivity contribution in [3.8, 4) is 11.8 Å². The van der Waals surface area contributed by atoms with Crippen LogP contribution in [-0.4, -0.2) is 84.4 Å². The Kier molecular flexibility index (Phi) is 8.33. The number of amides is 4. The van der Waals surface area contributed by atoms with Gasteiger partial charge in [0.25, 0.3) is 0 Å². The van der Waals surface area contributed by atoms with Crippen molar-refractivity contribution < 1.29 is 24.2 Å². The molecular formula is C30H34N4O5. The molecule has 0 unspecified atom stereocenters. The van der Waals surface area contributed by atoms with Crippen LogP contribution < -0.4 is 10.6 Å². The first-order valence-electron chi connectivity index (χ1n) is 13.5. The van der Waals surface area contributed by atoms with E-state index < -0.39 is 6.09 Å². The third kappa shape index (κ3) is 6.52. The molecule has 3 atom stereocenters. The second-order valence-corrected chi connectivity index (χ2v) is 10.3. The molecule has 3 saturated heterocycles. The van der Waals surface area contributed by atoms with Crippen molar-refractivity contribution in [2.45, 2.75) is 37.3 Å². The maximum absolute atomic E-state index is 13.4. The van der Waals surface area contributed by atoms with Crippen molar-refractivity contribution in [1.82, 2.24) is 20.4 Å². The average Bonchev–Trinajstić information content (AvgIpc) is 2.96. The second-order valence-electron chi connectivity index (χ2n) is 10.3. The summed E-state index contributed by atoms with van der Waals surface area (Å²) in [5, 5.41) is 13.9. The average molecular weight is 531 g/mol. The van der Waals surface area contributed by atoms with E-state index in [9.17, 15) is 14.4 Å². The molecular weight excluding hydrogens is 496 g/mol. The number of urea groups is 1. The Morgan fingerprint density at radius 2 is 1.69 bits per heavy atom. The number of piperidine rings is 2. The normalized spacial score (nSPS) is 22.1. The number of nitrogens with zero attached hydrogens (tertiary/aromatic N) is 2. The third-order valence-corrected chi connectivity index (χ3v) is 7.87. The molecule has 0 aliphatic carbocycles. The van der Waals surface area contributed by atoms with E-state index in [0.717, 1.165) is 24.8 Å². The fourth-order valence-corrected chi connectivity index (χ4v) is 5.93. The van der Waals surface area contributed by atoms with Gasteiger partial charge in [0.2, 0.25) is 5.91 Å². The van der Waals surface area contributed by atoms with Crippen molar-refractivity contribution in [3.05, 3.63) is 71.3 Å². The van der Waals surface area contributed by atoms with Crippen LogP contribution in [0.2, 0.25) is 0 Å². The van der Waals surface area contributed by atoms with Gasteiger partial charge >= 0.3 is 12.1 Å². The number of carboxylic acid groups (broad SMARTS) is 1. The van der Waals surface area contributed by atoms with Gasteiger partial charge in [-0.1, -0.05) is 54.3 Å². The first-order chi connectivity index (χ1) is 19.0. The van der Waals surface area contributed by atoms with Crippen molar-refractivity contribution in [3.63, 3.8) is 0 Å². The van der Waals surface area contributed by atoms with Crippen LogP contribution in [0.25, 0.3) is 0 Å². The third-order valence-electron chi connectivity index (χ3n) is 7.87. The number of ether oxygens (including phenoxy) is 1. The fraction of sp³-hybridized carbons (Fsp3) is 0.433. The van der Waals surface area contributed by atoms with E-state index in [1.165, 1.54) is 11.1 Å². The van der Waals surface area contributed by atoms with E-state index in [-0.39, 0.29) is 43.2 Å². The van der Waals surface area contributed by atoms with Gasteiger partial charge in [-0.15, -0.1) is 0 Å². The highest BCUT2D eigenvalue weighted by atomic mass is 16.5. The van der Waals surface area contributed by atoms with Crippen LogP contribution in [0.4, 0.5) is 9.59 Å². The van der Waals surface area contributed by atoms with Gasteiger partial charge in [-0.2, -0.15) is 0 Å². The van der Waals surface area contributed by atoms with E-state index in [1.54, 1.807) is 0 Å². The van der Waals surface area contributed by atoms with Crippen LogP contribution in [0, 0.1) is 17.8 Å². The van der Waals surface area contributed by atoms with Crippen LogP contribution in [0.5, 0.6) is 0 Å². The molecule has 0 bridgehead atoms. The van der Waals surface area contributed by atoms with E-state index in [2.05, 4.69) is 58.9 Å². The summed E-state index contributed by atoms with van der Waals surface area (Å²) in [6.07, 6.45) is 1.43. The Hall–Kier alpha value is -4.03. The molecule has 0 aromatic heterocycles. The van der Waals surface area contributed by atoms with E-state index in [0.29, 0.717) is 32.1 Å². The van der Waals surface area contributed by atoms with Gasteiger partial charge in [0.05, 0.1) is 18.7 Å². The number of hydrogen-bond donors (Lipinski definition) is 3. The van der Waals surface area contributed by atoms with Crippen LogP contribution >= 0.6 is 0 Å². The Labute approximate surface area is 228 Å². The van der Waals surface area contributed by atoms with Crippen molar-refractivity contribution in [2.24, 2.45) is 5.92 Å². The number of carbonyl (C=O) groups is 3. The predicted molar refractivity (Wildman–Crippen MR) is 145 cm³/mol. The lowest BCUT2D eigenvalue weighted by Gasteiger charge is -2.44. The standard InChI is InChI=1S/C30H34N4O5/c35-27-20-39-26-14-18-34(19-25(26)32-27)30(38)33-16-12-24(13-17-33)28(22-6-2-1-3-7-22)23-10-8-21(9-11-23)5-4-15-31-29(36)37/h1-3,6-11,24-26,28,31H,12-20H2,(H,32,35)(H,36,37)/t25-,26+,28-/m1/s1. The zero-order chi connectivity index (χ0) is 27.2. The Bertz CT molecular complexity index is 1230. The zero-order valence-electron chi connectivity index (χ0n) is 21.8. The molecule has 4 amide bonds. The molecule has 0 spiro atoms. The molecule has 3 N–H and O–H groups in total. The highest BCUT2D eigenvalue weighted by Crippen LogP contribution is 2.38. The minimum absolute atomic E-state index is 0.0112. The summed E-state index contributed by atoms with van der Waals surface area (Å²) in [7, 11) is 0. The number of morpholine rings is 1. The van der Waals surface area contributed by atoms with Gasteiger partial charge in [0.1, 0.15) is 6.61 Å². The number of carbonyl (C=O) groups excluding carboxylic acids is 2. The van der Waals surface area contributed by atoms with Crippen LogP contribution in [0.15, 0.2) is 54.6 Å². The largest absolute Gasteiger partial charge is 0.465 e.